The number of aromatic nitrogens is 2. The van der Waals surface area contributed by atoms with Gasteiger partial charge in [0.2, 0.25) is 0 Å². The van der Waals surface area contributed by atoms with Crippen LogP contribution in [-0.4, -0.2) is 9.97 Å². The number of anilines is 1. The monoisotopic (exact) mass is 351 g/mol. The van der Waals surface area contributed by atoms with E-state index >= 15 is 0 Å². The van der Waals surface area contributed by atoms with Gasteiger partial charge in [0.25, 0.3) is 0 Å². The first-order valence-electron chi connectivity index (χ1n) is 6.37. The molecule has 0 saturated carbocycles. The van der Waals surface area contributed by atoms with Crippen LogP contribution < -0.4 is 5.73 Å². The Morgan fingerprint density at radius 3 is 2.55 bits per heavy atom. The Hall–Kier alpha value is -1.07. The molecule has 20 heavy (non-hydrogen) atoms. The maximum Gasteiger partial charge on any atom is 0.141 e. The summed E-state index contributed by atoms with van der Waals surface area (Å²) in [5.74, 6) is 2.01. The summed E-state index contributed by atoms with van der Waals surface area (Å²) in [5, 5.41) is 0. The molecular weight excluding hydrogens is 334 g/mol. The molecule has 0 spiro atoms. The van der Waals surface area contributed by atoms with Gasteiger partial charge in [-0.3, -0.25) is 0 Å². The van der Waals surface area contributed by atoms with Crippen LogP contribution in [-0.2, 0) is 11.2 Å². The molecule has 0 atom stereocenters. The number of halogens is 1. The molecule has 0 saturated heterocycles. The van der Waals surface area contributed by atoms with Gasteiger partial charge in [-0.1, -0.05) is 32.9 Å². The van der Waals surface area contributed by atoms with Crippen LogP contribution in [0, 0.1) is 0 Å². The Morgan fingerprint density at radius 2 is 1.90 bits per heavy atom. The smallest absolute Gasteiger partial charge is 0.141 e. The first-order valence-corrected chi connectivity index (χ1v) is 8.15. The van der Waals surface area contributed by atoms with E-state index in [0.717, 1.165) is 16.0 Å². The first-order chi connectivity index (χ1) is 9.36. The van der Waals surface area contributed by atoms with Crippen LogP contribution in [0.4, 0.5) is 5.82 Å². The largest absolute Gasteiger partial charge is 0.384 e. The average molecular weight is 352 g/mol. The highest BCUT2D eigenvalue weighted by atomic mass is 79.9. The van der Waals surface area contributed by atoms with Crippen LogP contribution in [0.5, 0.6) is 0 Å². The summed E-state index contributed by atoms with van der Waals surface area (Å²) in [6, 6.07) is 9.98. The second-order valence-corrected chi connectivity index (χ2v) is 7.43. The number of rotatable bonds is 3. The van der Waals surface area contributed by atoms with E-state index < -0.39 is 0 Å². The van der Waals surface area contributed by atoms with E-state index in [9.17, 15) is 0 Å². The van der Waals surface area contributed by atoms with Crippen molar-refractivity contribution in [2.75, 3.05) is 5.73 Å². The molecule has 106 valence electrons. The van der Waals surface area contributed by atoms with Gasteiger partial charge in [-0.15, -0.1) is 11.8 Å². The Bertz CT molecular complexity index is 608. The lowest BCUT2D eigenvalue weighted by molar-refractivity contribution is 0.564. The zero-order chi connectivity index (χ0) is 14.8. The summed E-state index contributed by atoms with van der Waals surface area (Å²) in [4.78, 5) is 10.1. The third kappa shape index (κ3) is 3.96. The quantitative estimate of drug-likeness (QED) is 0.832. The van der Waals surface area contributed by atoms with Crippen molar-refractivity contribution in [2.24, 2.45) is 0 Å². The molecule has 0 aliphatic rings. The van der Waals surface area contributed by atoms with Crippen LogP contribution in [0.25, 0.3) is 0 Å². The number of thioether (sulfide) groups is 1. The van der Waals surface area contributed by atoms with Crippen molar-refractivity contribution >= 4 is 33.5 Å². The lowest BCUT2D eigenvalue weighted by atomic mass is 9.92. The highest BCUT2D eigenvalue weighted by molar-refractivity contribution is 9.10. The second-order valence-electron chi connectivity index (χ2n) is 5.56. The minimum atomic E-state index is -0.0240. The summed E-state index contributed by atoms with van der Waals surface area (Å²) in [6.45, 7) is 6.37. The minimum Gasteiger partial charge on any atom is -0.384 e. The molecule has 0 unspecified atom stereocenters. The molecular formula is C15H18BrN3S. The summed E-state index contributed by atoms with van der Waals surface area (Å²) in [5.41, 5.74) is 6.84. The van der Waals surface area contributed by atoms with Crippen LogP contribution in [0.3, 0.4) is 0 Å². The maximum atomic E-state index is 5.89. The number of nitrogens with two attached hydrogens (primary N) is 1. The van der Waals surface area contributed by atoms with Crippen LogP contribution in [0.15, 0.2) is 39.7 Å². The van der Waals surface area contributed by atoms with Gasteiger partial charge in [0.15, 0.2) is 0 Å². The van der Waals surface area contributed by atoms with E-state index in [1.54, 1.807) is 11.8 Å². The van der Waals surface area contributed by atoms with Crippen molar-refractivity contribution in [1.82, 2.24) is 9.97 Å². The third-order valence-electron chi connectivity index (χ3n) is 2.75. The van der Waals surface area contributed by atoms with Crippen molar-refractivity contribution in [1.29, 1.82) is 0 Å². The average Bonchev–Trinajstić information content (AvgIpc) is 2.36. The van der Waals surface area contributed by atoms with Gasteiger partial charge < -0.3 is 5.73 Å². The van der Waals surface area contributed by atoms with Gasteiger partial charge in [-0.2, -0.15) is 0 Å². The minimum absolute atomic E-state index is 0.0240. The molecule has 2 aromatic rings. The second kappa shape index (κ2) is 6.14. The number of nitrogen functional groups attached to an aromatic ring is 1. The number of hydrogen-bond acceptors (Lipinski definition) is 4. The fourth-order valence-corrected chi connectivity index (χ4v) is 3.09. The number of nitrogens with zero attached hydrogens (tertiary/aromatic N) is 2. The van der Waals surface area contributed by atoms with E-state index in [4.69, 9.17) is 5.73 Å². The topological polar surface area (TPSA) is 51.8 Å². The molecule has 0 fully saturated rings. The predicted octanol–water partition coefficient (Wildman–Crippen LogP) is 4.41. The van der Waals surface area contributed by atoms with E-state index in [1.165, 1.54) is 4.90 Å². The van der Waals surface area contributed by atoms with Gasteiger partial charge >= 0.3 is 0 Å². The maximum absolute atomic E-state index is 5.89. The normalized spacial score (nSPS) is 11.6. The number of hydrogen-bond donors (Lipinski definition) is 1. The lowest BCUT2D eigenvalue weighted by Gasteiger charge is -2.18. The summed E-state index contributed by atoms with van der Waals surface area (Å²) < 4.78 is 1.09. The molecule has 0 amide bonds. The fraction of sp³-hybridized carbons (Fsp3) is 0.333. The van der Waals surface area contributed by atoms with Gasteiger partial charge in [0.1, 0.15) is 11.6 Å². The van der Waals surface area contributed by atoms with Crippen molar-refractivity contribution in [3.8, 4) is 0 Å². The van der Waals surface area contributed by atoms with Crippen molar-refractivity contribution in [3.05, 3.63) is 46.3 Å². The highest BCUT2D eigenvalue weighted by Gasteiger charge is 2.17. The zero-order valence-electron chi connectivity index (χ0n) is 11.9. The molecule has 5 heteroatoms. The molecule has 1 aromatic carbocycles. The van der Waals surface area contributed by atoms with Crippen molar-refractivity contribution in [3.63, 3.8) is 0 Å². The number of benzene rings is 1. The molecule has 0 aliphatic carbocycles. The van der Waals surface area contributed by atoms with Crippen molar-refractivity contribution < 1.29 is 0 Å². The molecule has 0 bridgehead atoms. The van der Waals surface area contributed by atoms with Crippen LogP contribution in [0.1, 0.15) is 32.3 Å². The lowest BCUT2D eigenvalue weighted by Crippen LogP contribution is -2.16. The van der Waals surface area contributed by atoms with E-state index in [-0.39, 0.29) is 5.41 Å². The van der Waals surface area contributed by atoms with Crippen molar-refractivity contribution in [2.45, 2.75) is 36.8 Å². The van der Waals surface area contributed by atoms with E-state index in [0.29, 0.717) is 11.6 Å². The van der Waals surface area contributed by atoms with Gasteiger partial charge in [0, 0.05) is 20.8 Å². The first kappa shape index (κ1) is 15.3. The van der Waals surface area contributed by atoms with Gasteiger partial charge in [0.05, 0.1) is 11.4 Å². The SMILES string of the molecule is CC(C)(C)c1cc(N)nc(CSc2ccccc2Br)n1. The molecule has 3 nitrogen and oxygen atoms in total. The summed E-state index contributed by atoms with van der Waals surface area (Å²) >= 11 is 5.24. The summed E-state index contributed by atoms with van der Waals surface area (Å²) in [6.07, 6.45) is 0. The van der Waals surface area contributed by atoms with Gasteiger partial charge in [-0.05, 0) is 28.1 Å². The molecule has 2 N–H and O–H groups in total. The van der Waals surface area contributed by atoms with Gasteiger partial charge in [-0.25, -0.2) is 9.97 Å². The molecule has 2 rings (SSSR count). The fourth-order valence-electron chi connectivity index (χ4n) is 1.67. The van der Waals surface area contributed by atoms with E-state index in [1.807, 2.05) is 24.3 Å². The van der Waals surface area contributed by atoms with Crippen LogP contribution >= 0.6 is 27.7 Å². The Morgan fingerprint density at radius 1 is 1.20 bits per heavy atom. The summed E-state index contributed by atoms with van der Waals surface area (Å²) in [7, 11) is 0. The van der Waals surface area contributed by atoms with Crippen LogP contribution in [0.2, 0.25) is 0 Å². The zero-order valence-corrected chi connectivity index (χ0v) is 14.3. The molecule has 1 heterocycles. The molecule has 0 aliphatic heterocycles. The Kier molecular flexibility index (Phi) is 4.70. The van der Waals surface area contributed by atoms with E-state index in [2.05, 4.69) is 52.7 Å². The predicted molar refractivity (Wildman–Crippen MR) is 88.8 cm³/mol. The highest BCUT2D eigenvalue weighted by Crippen LogP contribution is 2.30. The standard InChI is InChI=1S/C15H18BrN3S/c1-15(2,3)12-8-13(17)19-14(18-12)9-20-11-7-5-4-6-10(11)16/h4-8H,9H2,1-3H3,(H2,17,18,19). The molecule has 1 aromatic heterocycles. The third-order valence-corrected chi connectivity index (χ3v) is 4.78. The molecule has 0 radical (unpaired) electrons. The Balaban J connectivity index is 2.18. The Labute approximate surface area is 132 Å².